The lowest BCUT2D eigenvalue weighted by atomic mass is 9.58. The Morgan fingerprint density at radius 1 is 1.00 bits per heavy atom. The van der Waals surface area contributed by atoms with E-state index in [1.165, 1.54) is 18.4 Å². The number of hydrogen-bond donors (Lipinski definition) is 0. The maximum atomic E-state index is 2.27. The Bertz CT molecular complexity index is 224. The Morgan fingerprint density at radius 2 is 1.47 bits per heavy atom. The SMILES string of the molecule is CB(C)C.CC(C)CCc1ccccc1. The molecule has 0 aromatic heterocycles. The predicted octanol–water partition coefficient (Wildman–Crippen LogP) is 4.65. The van der Waals surface area contributed by atoms with Crippen molar-refractivity contribution in [3.8, 4) is 0 Å². The average molecular weight is 204 g/mol. The van der Waals surface area contributed by atoms with Gasteiger partial charge < -0.3 is 0 Å². The summed E-state index contributed by atoms with van der Waals surface area (Å²) in [7, 11) is 0. The van der Waals surface area contributed by atoms with Crippen molar-refractivity contribution >= 4 is 6.71 Å². The van der Waals surface area contributed by atoms with Crippen molar-refractivity contribution < 1.29 is 0 Å². The van der Waals surface area contributed by atoms with Crippen molar-refractivity contribution in [3.05, 3.63) is 35.9 Å². The molecule has 0 aliphatic rings. The van der Waals surface area contributed by atoms with Gasteiger partial charge in [-0.3, -0.25) is 0 Å². The zero-order chi connectivity index (χ0) is 11.7. The maximum absolute atomic E-state index is 2.27. The fourth-order valence-corrected chi connectivity index (χ4v) is 1.10. The zero-order valence-electron chi connectivity index (χ0n) is 11.0. The van der Waals surface area contributed by atoms with Crippen LogP contribution in [0.2, 0.25) is 20.5 Å². The van der Waals surface area contributed by atoms with Crippen LogP contribution < -0.4 is 0 Å². The van der Waals surface area contributed by atoms with Gasteiger partial charge >= 0.3 is 0 Å². The normalized spacial score (nSPS) is 9.47. The van der Waals surface area contributed by atoms with E-state index in [-0.39, 0.29) is 0 Å². The van der Waals surface area contributed by atoms with E-state index >= 15 is 0 Å². The van der Waals surface area contributed by atoms with Crippen LogP contribution >= 0.6 is 0 Å². The molecule has 0 nitrogen and oxygen atoms in total. The molecule has 0 unspecified atom stereocenters. The van der Waals surface area contributed by atoms with Gasteiger partial charge in [-0.1, -0.05) is 64.6 Å². The molecule has 1 aromatic carbocycles. The van der Waals surface area contributed by atoms with E-state index in [4.69, 9.17) is 0 Å². The number of rotatable bonds is 3. The lowest BCUT2D eigenvalue weighted by molar-refractivity contribution is 0.587. The minimum atomic E-state index is 0.815. The molecular formula is C14H25B. The van der Waals surface area contributed by atoms with Crippen LogP contribution in [0.15, 0.2) is 30.3 Å². The Balaban J connectivity index is 0.000000423. The summed E-state index contributed by atoms with van der Waals surface area (Å²) in [6.07, 6.45) is 2.52. The largest absolute Gasteiger partial charge is 0.130 e. The van der Waals surface area contributed by atoms with E-state index in [1.807, 2.05) is 0 Å². The van der Waals surface area contributed by atoms with Crippen LogP contribution in [0.1, 0.15) is 25.8 Å². The minimum Gasteiger partial charge on any atom is -0.0865 e. The second-order valence-corrected chi connectivity index (χ2v) is 5.15. The molecule has 0 atom stereocenters. The van der Waals surface area contributed by atoms with E-state index in [9.17, 15) is 0 Å². The van der Waals surface area contributed by atoms with Gasteiger partial charge in [0.2, 0.25) is 0 Å². The molecule has 84 valence electrons. The fraction of sp³-hybridized carbons (Fsp3) is 0.571. The summed E-state index contributed by atoms with van der Waals surface area (Å²) in [6, 6.07) is 10.7. The summed E-state index contributed by atoms with van der Waals surface area (Å²) in [5, 5.41) is 0. The lowest BCUT2D eigenvalue weighted by Gasteiger charge is -2.03. The number of hydrogen-bond acceptors (Lipinski definition) is 0. The number of aryl methyl sites for hydroxylation is 1. The van der Waals surface area contributed by atoms with Crippen molar-refractivity contribution in [2.24, 2.45) is 5.92 Å². The van der Waals surface area contributed by atoms with Crippen molar-refractivity contribution in [1.29, 1.82) is 0 Å². The van der Waals surface area contributed by atoms with Crippen LogP contribution in [0.25, 0.3) is 0 Å². The van der Waals surface area contributed by atoms with E-state index in [1.54, 1.807) is 0 Å². The van der Waals surface area contributed by atoms with Crippen LogP contribution in [0.5, 0.6) is 0 Å². The molecule has 0 aliphatic carbocycles. The second kappa shape index (κ2) is 8.58. The van der Waals surface area contributed by atoms with Crippen molar-refractivity contribution in [3.63, 3.8) is 0 Å². The molecule has 15 heavy (non-hydrogen) atoms. The molecule has 0 bridgehead atoms. The fourth-order valence-electron chi connectivity index (χ4n) is 1.10. The van der Waals surface area contributed by atoms with E-state index < -0.39 is 0 Å². The molecule has 0 aliphatic heterocycles. The van der Waals surface area contributed by atoms with Crippen LogP contribution in [0.4, 0.5) is 0 Å². The third-order valence-corrected chi connectivity index (χ3v) is 1.85. The highest BCUT2D eigenvalue weighted by Crippen LogP contribution is 2.07. The van der Waals surface area contributed by atoms with Gasteiger partial charge in [-0.15, -0.1) is 0 Å². The van der Waals surface area contributed by atoms with E-state index in [0.29, 0.717) is 0 Å². The highest BCUT2D eigenvalue weighted by molar-refractivity contribution is 6.54. The third kappa shape index (κ3) is 11.2. The Kier molecular flexibility index (Phi) is 8.17. The van der Waals surface area contributed by atoms with Gasteiger partial charge in [0.1, 0.15) is 6.71 Å². The molecule has 0 saturated heterocycles. The first-order chi connectivity index (χ1) is 7.02. The molecular weight excluding hydrogens is 179 g/mol. The van der Waals surface area contributed by atoms with Crippen LogP contribution in [-0.2, 0) is 6.42 Å². The first kappa shape index (κ1) is 14.3. The second-order valence-electron chi connectivity index (χ2n) is 5.15. The van der Waals surface area contributed by atoms with Gasteiger partial charge in [0.25, 0.3) is 0 Å². The van der Waals surface area contributed by atoms with Crippen molar-refractivity contribution in [2.45, 2.75) is 47.2 Å². The Morgan fingerprint density at radius 3 is 1.87 bits per heavy atom. The first-order valence-corrected chi connectivity index (χ1v) is 6.06. The van der Waals surface area contributed by atoms with Crippen molar-refractivity contribution in [2.75, 3.05) is 0 Å². The highest BCUT2D eigenvalue weighted by atomic mass is 14.0. The minimum absolute atomic E-state index is 0.815. The maximum Gasteiger partial charge on any atom is 0.130 e. The third-order valence-electron chi connectivity index (χ3n) is 1.85. The molecule has 0 fully saturated rings. The van der Waals surface area contributed by atoms with Gasteiger partial charge in [-0.25, -0.2) is 0 Å². The van der Waals surface area contributed by atoms with Gasteiger partial charge in [-0.2, -0.15) is 0 Å². The number of benzene rings is 1. The lowest BCUT2D eigenvalue weighted by Crippen LogP contribution is -1.91. The molecule has 1 heteroatoms. The zero-order valence-corrected chi connectivity index (χ0v) is 11.0. The molecule has 0 heterocycles. The van der Waals surface area contributed by atoms with Gasteiger partial charge in [0.15, 0.2) is 0 Å². The summed E-state index contributed by atoms with van der Waals surface area (Å²) >= 11 is 0. The van der Waals surface area contributed by atoms with Crippen LogP contribution in [0.3, 0.4) is 0 Å². The molecule has 0 amide bonds. The molecule has 0 saturated carbocycles. The smallest absolute Gasteiger partial charge is 0.0865 e. The topological polar surface area (TPSA) is 0 Å². The summed E-state index contributed by atoms with van der Waals surface area (Å²) in [4.78, 5) is 0. The van der Waals surface area contributed by atoms with Gasteiger partial charge in [0, 0.05) is 0 Å². The molecule has 0 N–H and O–H groups in total. The first-order valence-electron chi connectivity index (χ1n) is 6.06. The summed E-state index contributed by atoms with van der Waals surface area (Å²) in [5.74, 6) is 0.815. The quantitative estimate of drug-likeness (QED) is 0.629. The van der Waals surface area contributed by atoms with Gasteiger partial charge in [0.05, 0.1) is 0 Å². The molecule has 0 spiro atoms. The van der Waals surface area contributed by atoms with Crippen molar-refractivity contribution in [1.82, 2.24) is 0 Å². The Labute approximate surface area is 96.2 Å². The molecule has 0 radical (unpaired) electrons. The van der Waals surface area contributed by atoms with Gasteiger partial charge in [-0.05, 0) is 24.3 Å². The summed E-state index contributed by atoms with van der Waals surface area (Å²) < 4.78 is 0. The monoisotopic (exact) mass is 204 g/mol. The van der Waals surface area contributed by atoms with Crippen LogP contribution in [0, 0.1) is 5.92 Å². The van der Waals surface area contributed by atoms with E-state index in [0.717, 1.165) is 12.6 Å². The summed E-state index contributed by atoms with van der Waals surface area (Å²) in [5.41, 5.74) is 1.46. The standard InChI is InChI=1S/C11H16.C3H9B/c1-10(2)8-9-11-6-4-3-5-7-11;1-4(2)3/h3-7,10H,8-9H2,1-2H3;1-3H3. The summed E-state index contributed by atoms with van der Waals surface area (Å²) in [6.45, 7) is 11.9. The molecule has 1 aromatic rings. The Hall–Kier alpha value is -0.715. The predicted molar refractivity (Wildman–Crippen MR) is 72.9 cm³/mol. The van der Waals surface area contributed by atoms with E-state index in [2.05, 4.69) is 64.6 Å². The van der Waals surface area contributed by atoms with Crippen LogP contribution in [-0.4, -0.2) is 6.71 Å². The average Bonchev–Trinajstić information content (AvgIpc) is 2.15. The molecule has 1 rings (SSSR count). The highest BCUT2D eigenvalue weighted by Gasteiger charge is 1.94.